The normalized spacial score (nSPS) is 21.7. The highest BCUT2D eigenvalue weighted by Gasteiger charge is 2.59. The number of rotatable bonds is 8. The lowest BCUT2D eigenvalue weighted by Crippen LogP contribution is -2.22. The molecule has 0 spiro atoms. The average molecular weight is 335 g/mol. The van der Waals surface area contributed by atoms with Gasteiger partial charge in [0.1, 0.15) is 18.7 Å². The van der Waals surface area contributed by atoms with Crippen LogP contribution in [0.25, 0.3) is 0 Å². The first-order valence-corrected chi connectivity index (χ1v) is 7.87. The molecular weight excluding hydrogens is 314 g/mol. The van der Waals surface area contributed by atoms with Crippen molar-refractivity contribution >= 4 is 17.9 Å². The van der Waals surface area contributed by atoms with Gasteiger partial charge in [0.2, 0.25) is 0 Å². The fraction of sp³-hybridized carbons (Fsp3) is 0.471. The van der Waals surface area contributed by atoms with Gasteiger partial charge >= 0.3 is 17.9 Å². The lowest BCUT2D eigenvalue weighted by atomic mass is 10.2. The largest absolute Gasteiger partial charge is 0.465 e. The summed E-state index contributed by atoms with van der Waals surface area (Å²) in [5.41, 5.74) is 0.862. The van der Waals surface area contributed by atoms with Gasteiger partial charge in [-0.1, -0.05) is 30.3 Å². The second kappa shape index (κ2) is 8.44. The molecule has 1 fully saturated rings. The molecule has 0 aliphatic carbocycles. The summed E-state index contributed by atoms with van der Waals surface area (Å²) in [5.74, 6) is -1.59. The van der Waals surface area contributed by atoms with Crippen molar-refractivity contribution in [1.29, 1.82) is 0 Å². The van der Waals surface area contributed by atoms with Crippen LogP contribution < -0.4 is 0 Å². The van der Waals surface area contributed by atoms with E-state index in [4.69, 9.17) is 14.2 Å². The van der Waals surface area contributed by atoms with Gasteiger partial charge in [-0.3, -0.25) is 19.3 Å². The number of ether oxygens (including phenoxy) is 3. The third-order valence-electron chi connectivity index (χ3n) is 3.53. The Labute approximate surface area is 140 Å². The molecule has 7 heteroatoms. The van der Waals surface area contributed by atoms with Crippen molar-refractivity contribution in [3.8, 4) is 0 Å². The second-order valence-corrected chi connectivity index (χ2v) is 5.21. The lowest BCUT2D eigenvalue weighted by Gasteiger charge is -2.06. The SMILES string of the molecule is CCOC(=O)[C@H]1[C@H](C(=O)OCC)N1CC(=O)OCc1ccccc1. The predicted octanol–water partition coefficient (Wildman–Crippen LogP) is 0.909. The van der Waals surface area contributed by atoms with Gasteiger partial charge in [0.15, 0.2) is 0 Å². The topological polar surface area (TPSA) is 81.9 Å². The first-order valence-electron chi connectivity index (χ1n) is 7.87. The first-order chi connectivity index (χ1) is 11.6. The van der Waals surface area contributed by atoms with E-state index in [1.54, 1.807) is 13.8 Å². The zero-order valence-electron chi connectivity index (χ0n) is 13.8. The van der Waals surface area contributed by atoms with Crippen LogP contribution in [0.15, 0.2) is 30.3 Å². The molecule has 0 bridgehead atoms. The third kappa shape index (κ3) is 4.55. The Morgan fingerprint density at radius 3 is 1.96 bits per heavy atom. The molecule has 7 nitrogen and oxygen atoms in total. The average Bonchev–Trinajstić information content (AvgIpc) is 3.28. The molecule has 24 heavy (non-hydrogen) atoms. The molecule has 0 radical (unpaired) electrons. The van der Waals surface area contributed by atoms with E-state index in [-0.39, 0.29) is 26.4 Å². The van der Waals surface area contributed by atoms with Crippen molar-refractivity contribution < 1.29 is 28.6 Å². The summed E-state index contributed by atoms with van der Waals surface area (Å²) in [4.78, 5) is 37.1. The minimum Gasteiger partial charge on any atom is -0.465 e. The van der Waals surface area contributed by atoms with Crippen molar-refractivity contribution in [2.75, 3.05) is 19.8 Å². The van der Waals surface area contributed by atoms with Gasteiger partial charge in [-0.05, 0) is 19.4 Å². The van der Waals surface area contributed by atoms with Crippen LogP contribution in [0.1, 0.15) is 19.4 Å². The molecule has 0 saturated carbocycles. The van der Waals surface area contributed by atoms with Crippen LogP contribution in [0.2, 0.25) is 0 Å². The maximum atomic E-state index is 12.0. The van der Waals surface area contributed by atoms with Crippen molar-refractivity contribution in [3.05, 3.63) is 35.9 Å². The molecule has 2 rings (SSSR count). The Kier molecular flexibility index (Phi) is 6.31. The molecule has 0 amide bonds. The maximum absolute atomic E-state index is 12.0. The molecule has 1 aromatic rings. The van der Waals surface area contributed by atoms with E-state index in [9.17, 15) is 14.4 Å². The minimum absolute atomic E-state index is 0.141. The van der Waals surface area contributed by atoms with Crippen LogP contribution >= 0.6 is 0 Å². The smallest absolute Gasteiger partial charge is 0.325 e. The van der Waals surface area contributed by atoms with Crippen LogP contribution in [-0.4, -0.2) is 54.7 Å². The maximum Gasteiger partial charge on any atom is 0.325 e. The molecule has 0 N–H and O–H groups in total. The number of carbonyl (C=O) groups is 3. The van der Waals surface area contributed by atoms with Gasteiger partial charge in [0, 0.05) is 0 Å². The molecule has 130 valence electrons. The molecule has 0 unspecified atom stereocenters. The van der Waals surface area contributed by atoms with Crippen LogP contribution in [0.3, 0.4) is 0 Å². The monoisotopic (exact) mass is 335 g/mol. The number of nitrogens with zero attached hydrogens (tertiary/aromatic N) is 1. The summed E-state index contributed by atoms with van der Waals surface area (Å²) in [6, 6.07) is 7.68. The number of benzene rings is 1. The second-order valence-electron chi connectivity index (χ2n) is 5.21. The molecular formula is C17H21NO6. The fourth-order valence-corrected chi connectivity index (χ4v) is 2.39. The molecule has 1 saturated heterocycles. The molecule has 1 aromatic carbocycles. The van der Waals surface area contributed by atoms with E-state index >= 15 is 0 Å². The van der Waals surface area contributed by atoms with Gasteiger partial charge in [-0.25, -0.2) is 0 Å². The standard InChI is InChI=1S/C17H21NO6/c1-3-22-16(20)14-15(17(21)23-4-2)18(14)10-13(19)24-11-12-8-6-5-7-9-12/h5-9,14-15H,3-4,10-11H2,1-2H3/t14-,15-/m1/s1. The van der Waals surface area contributed by atoms with Crippen LogP contribution in [-0.2, 0) is 35.2 Å². The quantitative estimate of drug-likeness (QED) is 0.397. The fourth-order valence-electron chi connectivity index (χ4n) is 2.39. The highest BCUT2D eigenvalue weighted by atomic mass is 16.6. The van der Waals surface area contributed by atoms with Crippen LogP contribution in [0, 0.1) is 0 Å². The van der Waals surface area contributed by atoms with Crippen LogP contribution in [0.5, 0.6) is 0 Å². The van der Waals surface area contributed by atoms with Crippen molar-refractivity contribution in [3.63, 3.8) is 0 Å². The van der Waals surface area contributed by atoms with Crippen molar-refractivity contribution in [2.24, 2.45) is 0 Å². The van der Waals surface area contributed by atoms with Gasteiger partial charge in [-0.2, -0.15) is 0 Å². The minimum atomic E-state index is -0.784. The lowest BCUT2D eigenvalue weighted by molar-refractivity contribution is -0.147. The van der Waals surface area contributed by atoms with E-state index in [0.29, 0.717) is 0 Å². The summed E-state index contributed by atoms with van der Waals surface area (Å²) in [5, 5.41) is 0. The third-order valence-corrected chi connectivity index (χ3v) is 3.53. The Bertz CT molecular complexity index is 564. The van der Waals surface area contributed by atoms with Crippen molar-refractivity contribution in [2.45, 2.75) is 32.5 Å². The Balaban J connectivity index is 1.89. The van der Waals surface area contributed by atoms with Crippen LogP contribution in [0.4, 0.5) is 0 Å². The molecule has 1 heterocycles. The number of carbonyl (C=O) groups excluding carboxylic acids is 3. The van der Waals surface area contributed by atoms with E-state index in [1.807, 2.05) is 30.3 Å². The molecule has 1 aliphatic heterocycles. The van der Waals surface area contributed by atoms with E-state index in [0.717, 1.165) is 5.56 Å². The van der Waals surface area contributed by atoms with E-state index in [2.05, 4.69) is 0 Å². The Morgan fingerprint density at radius 2 is 1.46 bits per heavy atom. The zero-order valence-corrected chi connectivity index (χ0v) is 13.8. The molecule has 0 aromatic heterocycles. The highest BCUT2D eigenvalue weighted by molar-refractivity contribution is 5.94. The predicted molar refractivity (Wildman–Crippen MR) is 83.8 cm³/mol. The van der Waals surface area contributed by atoms with Crippen molar-refractivity contribution in [1.82, 2.24) is 4.90 Å². The molecule has 1 aliphatic rings. The summed E-state index contributed by atoms with van der Waals surface area (Å²) < 4.78 is 15.0. The Hall–Kier alpha value is -2.41. The van der Waals surface area contributed by atoms with Gasteiger partial charge < -0.3 is 14.2 Å². The summed E-state index contributed by atoms with van der Waals surface area (Å²) >= 11 is 0. The first kappa shape index (κ1) is 17.9. The summed E-state index contributed by atoms with van der Waals surface area (Å²) in [7, 11) is 0. The Morgan fingerprint density at radius 1 is 0.917 bits per heavy atom. The van der Waals surface area contributed by atoms with E-state index < -0.39 is 30.0 Å². The van der Waals surface area contributed by atoms with Gasteiger partial charge in [0.25, 0.3) is 0 Å². The molecule has 2 atom stereocenters. The van der Waals surface area contributed by atoms with Gasteiger partial charge in [-0.15, -0.1) is 0 Å². The number of hydrogen-bond donors (Lipinski definition) is 0. The number of esters is 3. The van der Waals surface area contributed by atoms with Gasteiger partial charge in [0.05, 0.1) is 19.8 Å². The summed E-state index contributed by atoms with van der Waals surface area (Å²) in [6.45, 7) is 3.74. The number of hydrogen-bond acceptors (Lipinski definition) is 7. The highest BCUT2D eigenvalue weighted by Crippen LogP contribution is 2.30. The zero-order chi connectivity index (χ0) is 17.5. The van der Waals surface area contributed by atoms with E-state index in [1.165, 1.54) is 4.90 Å². The summed E-state index contributed by atoms with van der Waals surface area (Å²) in [6.07, 6.45) is 0.